The largest absolute Gasteiger partial charge is 0.425 e. The van der Waals surface area contributed by atoms with Crippen LogP contribution in [0.25, 0.3) is 11.3 Å². The molecule has 0 aliphatic heterocycles. The average Bonchev–Trinajstić information content (AvgIpc) is 2.75. The van der Waals surface area contributed by atoms with E-state index >= 15 is 0 Å². The van der Waals surface area contributed by atoms with Gasteiger partial charge in [0.15, 0.2) is 0 Å². The minimum atomic E-state index is -0.345. The summed E-state index contributed by atoms with van der Waals surface area (Å²) in [6.45, 7) is 1.13. The minimum absolute atomic E-state index is 0.287. The van der Waals surface area contributed by atoms with Crippen molar-refractivity contribution in [1.29, 1.82) is 0 Å². The molecule has 0 spiro atoms. The molecular formula is C24H19ClN2O2. The summed E-state index contributed by atoms with van der Waals surface area (Å²) >= 11 is 5.98. The summed E-state index contributed by atoms with van der Waals surface area (Å²) in [5, 5.41) is 0.625. The average molecular weight is 403 g/mol. The van der Waals surface area contributed by atoms with E-state index in [0.717, 1.165) is 16.7 Å². The molecule has 1 aromatic heterocycles. The summed E-state index contributed by atoms with van der Waals surface area (Å²) < 4.78 is 6.06. The standard InChI is InChI=1S/C24H19ClN2O2/c25-21-13-11-20(12-14-21)22-15-23(28)26-24(29-22)27(16-18-7-3-1-4-8-18)17-19-9-5-2-6-10-19/h1-15H,16-17H2. The van der Waals surface area contributed by atoms with Crippen molar-refractivity contribution < 1.29 is 4.42 Å². The van der Waals surface area contributed by atoms with Crippen LogP contribution in [0.1, 0.15) is 11.1 Å². The van der Waals surface area contributed by atoms with Crippen LogP contribution in [0.15, 0.2) is 100 Å². The fourth-order valence-corrected chi connectivity index (χ4v) is 3.21. The number of aromatic nitrogens is 1. The van der Waals surface area contributed by atoms with E-state index in [1.165, 1.54) is 6.07 Å². The van der Waals surface area contributed by atoms with Crippen LogP contribution in [-0.4, -0.2) is 4.98 Å². The van der Waals surface area contributed by atoms with Crippen LogP contribution < -0.4 is 10.5 Å². The van der Waals surface area contributed by atoms with Gasteiger partial charge in [-0.05, 0) is 35.4 Å². The predicted octanol–water partition coefficient (Wildman–Crippen LogP) is 5.56. The van der Waals surface area contributed by atoms with E-state index in [0.29, 0.717) is 23.9 Å². The van der Waals surface area contributed by atoms with Gasteiger partial charge in [0.1, 0.15) is 5.76 Å². The zero-order chi connectivity index (χ0) is 20.1. The van der Waals surface area contributed by atoms with Crippen molar-refractivity contribution in [2.75, 3.05) is 4.90 Å². The number of halogens is 1. The summed E-state index contributed by atoms with van der Waals surface area (Å²) in [4.78, 5) is 18.4. The van der Waals surface area contributed by atoms with Gasteiger partial charge in [-0.1, -0.05) is 72.3 Å². The molecule has 0 radical (unpaired) electrons. The highest BCUT2D eigenvalue weighted by Crippen LogP contribution is 2.25. The summed E-state index contributed by atoms with van der Waals surface area (Å²) in [5.74, 6) is 0.461. The summed E-state index contributed by atoms with van der Waals surface area (Å²) in [6, 6.07) is 28.9. The summed E-state index contributed by atoms with van der Waals surface area (Å²) in [5.41, 5.74) is 2.63. The van der Waals surface area contributed by atoms with Gasteiger partial charge in [-0.2, -0.15) is 4.98 Å². The van der Waals surface area contributed by atoms with E-state index in [9.17, 15) is 4.79 Å². The van der Waals surface area contributed by atoms with Gasteiger partial charge >= 0.3 is 6.01 Å². The Morgan fingerprint density at radius 2 is 1.34 bits per heavy atom. The second-order valence-electron chi connectivity index (χ2n) is 6.68. The van der Waals surface area contributed by atoms with Crippen LogP contribution in [0.4, 0.5) is 6.01 Å². The van der Waals surface area contributed by atoms with Crippen molar-refractivity contribution in [1.82, 2.24) is 4.98 Å². The lowest BCUT2D eigenvalue weighted by atomic mass is 10.1. The first-order valence-electron chi connectivity index (χ1n) is 9.28. The van der Waals surface area contributed by atoms with Crippen molar-refractivity contribution in [3.63, 3.8) is 0 Å². The van der Waals surface area contributed by atoms with Crippen molar-refractivity contribution >= 4 is 17.6 Å². The maximum atomic E-state index is 12.3. The third-order valence-corrected chi connectivity index (χ3v) is 4.75. The number of nitrogens with zero attached hydrogens (tertiary/aromatic N) is 2. The summed E-state index contributed by atoms with van der Waals surface area (Å²) in [7, 11) is 0. The van der Waals surface area contributed by atoms with E-state index < -0.39 is 0 Å². The fraction of sp³-hybridized carbons (Fsp3) is 0.0833. The zero-order valence-corrected chi connectivity index (χ0v) is 16.4. The molecule has 29 heavy (non-hydrogen) atoms. The SMILES string of the molecule is O=c1cc(-c2ccc(Cl)cc2)oc(N(Cc2ccccc2)Cc2ccccc2)n1. The third kappa shape index (κ3) is 4.92. The molecule has 0 saturated heterocycles. The minimum Gasteiger partial charge on any atom is -0.425 e. The molecule has 4 rings (SSSR count). The molecule has 0 N–H and O–H groups in total. The first kappa shape index (κ1) is 19.0. The van der Waals surface area contributed by atoms with Crippen LogP contribution in [0, 0.1) is 0 Å². The van der Waals surface area contributed by atoms with Crippen molar-refractivity contribution in [3.8, 4) is 11.3 Å². The molecule has 1 heterocycles. The van der Waals surface area contributed by atoms with Crippen LogP contribution >= 0.6 is 11.6 Å². The van der Waals surface area contributed by atoms with Crippen LogP contribution in [0.3, 0.4) is 0 Å². The topological polar surface area (TPSA) is 46.3 Å². The Labute approximate surface area is 174 Å². The number of hydrogen-bond donors (Lipinski definition) is 0. The van der Waals surface area contributed by atoms with Gasteiger partial charge in [0.2, 0.25) is 0 Å². The lowest BCUT2D eigenvalue weighted by molar-refractivity contribution is 0.513. The van der Waals surface area contributed by atoms with E-state index in [4.69, 9.17) is 16.0 Å². The van der Waals surface area contributed by atoms with Gasteiger partial charge in [0.25, 0.3) is 5.56 Å². The monoisotopic (exact) mass is 402 g/mol. The molecule has 3 aromatic carbocycles. The molecule has 0 amide bonds. The van der Waals surface area contributed by atoms with Crippen molar-refractivity contribution in [3.05, 3.63) is 117 Å². The smallest absolute Gasteiger partial charge is 0.301 e. The van der Waals surface area contributed by atoms with Gasteiger partial charge in [0.05, 0.1) is 0 Å². The molecular weight excluding hydrogens is 384 g/mol. The van der Waals surface area contributed by atoms with E-state index in [1.807, 2.05) is 77.7 Å². The molecule has 0 atom stereocenters. The first-order chi connectivity index (χ1) is 14.2. The molecule has 0 fully saturated rings. The van der Waals surface area contributed by atoms with E-state index in [1.54, 1.807) is 12.1 Å². The van der Waals surface area contributed by atoms with Gasteiger partial charge in [0, 0.05) is 29.7 Å². The maximum absolute atomic E-state index is 12.3. The third-order valence-electron chi connectivity index (χ3n) is 4.49. The fourth-order valence-electron chi connectivity index (χ4n) is 3.08. The second-order valence-corrected chi connectivity index (χ2v) is 7.11. The quantitative estimate of drug-likeness (QED) is 0.423. The highest BCUT2D eigenvalue weighted by atomic mass is 35.5. The first-order valence-corrected chi connectivity index (χ1v) is 9.66. The molecule has 0 aliphatic carbocycles. The van der Waals surface area contributed by atoms with Gasteiger partial charge in [-0.15, -0.1) is 0 Å². The molecule has 0 saturated carbocycles. The Morgan fingerprint density at radius 1 is 0.793 bits per heavy atom. The zero-order valence-electron chi connectivity index (χ0n) is 15.7. The lowest BCUT2D eigenvalue weighted by Gasteiger charge is -2.22. The Hall–Kier alpha value is -3.37. The van der Waals surface area contributed by atoms with Crippen LogP contribution in [-0.2, 0) is 13.1 Å². The molecule has 0 bridgehead atoms. The molecule has 4 nitrogen and oxygen atoms in total. The molecule has 0 unspecified atom stereocenters. The van der Waals surface area contributed by atoms with Crippen molar-refractivity contribution in [2.24, 2.45) is 0 Å². The normalized spacial score (nSPS) is 10.7. The Kier molecular flexibility index (Phi) is 5.73. The number of benzene rings is 3. The van der Waals surface area contributed by atoms with Crippen LogP contribution in [0.2, 0.25) is 5.02 Å². The van der Waals surface area contributed by atoms with Gasteiger partial charge in [-0.25, -0.2) is 0 Å². The van der Waals surface area contributed by atoms with Gasteiger partial charge < -0.3 is 9.32 Å². The Balaban J connectivity index is 1.73. The molecule has 5 heteroatoms. The van der Waals surface area contributed by atoms with Crippen LogP contribution in [0.5, 0.6) is 0 Å². The molecule has 4 aromatic rings. The maximum Gasteiger partial charge on any atom is 0.301 e. The highest BCUT2D eigenvalue weighted by molar-refractivity contribution is 6.30. The Bertz CT molecular complexity index is 1090. The predicted molar refractivity (Wildman–Crippen MR) is 116 cm³/mol. The Morgan fingerprint density at radius 3 is 1.90 bits per heavy atom. The van der Waals surface area contributed by atoms with Gasteiger partial charge in [-0.3, -0.25) is 4.79 Å². The number of hydrogen-bond acceptors (Lipinski definition) is 4. The van der Waals surface area contributed by atoms with Crippen molar-refractivity contribution in [2.45, 2.75) is 13.1 Å². The molecule has 0 aliphatic rings. The van der Waals surface area contributed by atoms with E-state index in [-0.39, 0.29) is 11.6 Å². The lowest BCUT2D eigenvalue weighted by Crippen LogP contribution is -2.25. The second kappa shape index (κ2) is 8.76. The highest BCUT2D eigenvalue weighted by Gasteiger charge is 2.15. The van der Waals surface area contributed by atoms with E-state index in [2.05, 4.69) is 4.98 Å². The molecule has 144 valence electrons. The number of anilines is 1. The summed E-state index contributed by atoms with van der Waals surface area (Å²) in [6.07, 6.45) is 0. The number of rotatable bonds is 6.